The number of hydrogen-bond donors (Lipinski definition) is 2. The van der Waals surface area contributed by atoms with Crippen LogP contribution < -0.4 is 20.5 Å². The van der Waals surface area contributed by atoms with Crippen molar-refractivity contribution < 1.29 is 19.1 Å². The maximum absolute atomic E-state index is 12.0. The molecule has 0 atom stereocenters. The van der Waals surface area contributed by atoms with E-state index in [1.54, 1.807) is 30.3 Å². The Morgan fingerprint density at radius 2 is 1.87 bits per heavy atom. The first-order valence-electron chi connectivity index (χ1n) is 6.97. The number of benzene rings is 2. The molecule has 2 aromatic carbocycles. The average molecular weight is 314 g/mol. The summed E-state index contributed by atoms with van der Waals surface area (Å²) in [5.41, 5.74) is 7.18. The molecule has 0 saturated carbocycles. The van der Waals surface area contributed by atoms with Crippen molar-refractivity contribution in [3.63, 3.8) is 0 Å². The Hall–Kier alpha value is -3.02. The van der Waals surface area contributed by atoms with Crippen LogP contribution in [0.3, 0.4) is 0 Å². The van der Waals surface area contributed by atoms with E-state index in [0.29, 0.717) is 28.4 Å². The molecule has 0 heterocycles. The van der Waals surface area contributed by atoms with E-state index in [-0.39, 0.29) is 18.3 Å². The second-order valence-corrected chi connectivity index (χ2v) is 4.85. The standard InChI is InChI=1S/C17H18N2O4/c1-11(20)12-7-8-15(13(18)9-12)23-10-17(21)19-14-5-3-4-6-16(14)22-2/h3-9H,10,18H2,1-2H3,(H,19,21). The third kappa shape index (κ3) is 4.23. The van der Waals surface area contributed by atoms with Crippen molar-refractivity contribution in [1.82, 2.24) is 0 Å². The molecule has 2 rings (SSSR count). The van der Waals surface area contributed by atoms with Gasteiger partial charge in [0.1, 0.15) is 11.5 Å². The highest BCUT2D eigenvalue weighted by molar-refractivity contribution is 5.95. The Morgan fingerprint density at radius 1 is 1.13 bits per heavy atom. The molecule has 0 aromatic heterocycles. The molecule has 6 nitrogen and oxygen atoms in total. The van der Waals surface area contributed by atoms with Gasteiger partial charge in [0, 0.05) is 5.56 Å². The number of hydrogen-bond acceptors (Lipinski definition) is 5. The Morgan fingerprint density at radius 3 is 2.52 bits per heavy atom. The fourth-order valence-electron chi connectivity index (χ4n) is 1.98. The van der Waals surface area contributed by atoms with Gasteiger partial charge in [-0.3, -0.25) is 9.59 Å². The zero-order valence-corrected chi connectivity index (χ0v) is 13.0. The van der Waals surface area contributed by atoms with Crippen molar-refractivity contribution in [2.24, 2.45) is 0 Å². The summed E-state index contributed by atoms with van der Waals surface area (Å²) in [5.74, 6) is 0.484. The summed E-state index contributed by atoms with van der Waals surface area (Å²) >= 11 is 0. The predicted octanol–water partition coefficient (Wildman–Crippen LogP) is 2.50. The van der Waals surface area contributed by atoms with Gasteiger partial charge >= 0.3 is 0 Å². The van der Waals surface area contributed by atoms with Gasteiger partial charge in [0.25, 0.3) is 5.91 Å². The zero-order valence-electron chi connectivity index (χ0n) is 13.0. The molecule has 0 saturated heterocycles. The van der Waals surface area contributed by atoms with Gasteiger partial charge in [0.15, 0.2) is 12.4 Å². The first kappa shape index (κ1) is 16.4. The number of para-hydroxylation sites is 2. The third-order valence-corrected chi connectivity index (χ3v) is 3.16. The van der Waals surface area contributed by atoms with Crippen molar-refractivity contribution in [2.45, 2.75) is 6.92 Å². The number of methoxy groups -OCH3 is 1. The molecule has 0 aliphatic rings. The Balaban J connectivity index is 1.98. The maximum atomic E-state index is 12.0. The van der Waals surface area contributed by atoms with Crippen LogP contribution in [-0.2, 0) is 4.79 Å². The number of rotatable bonds is 6. The van der Waals surface area contributed by atoms with Gasteiger partial charge in [0.05, 0.1) is 18.5 Å². The lowest BCUT2D eigenvalue weighted by molar-refractivity contribution is -0.118. The van der Waals surface area contributed by atoms with Crippen LogP contribution in [0.15, 0.2) is 42.5 Å². The fourth-order valence-corrected chi connectivity index (χ4v) is 1.98. The molecule has 120 valence electrons. The highest BCUT2D eigenvalue weighted by Gasteiger charge is 2.10. The molecule has 0 bridgehead atoms. The number of ether oxygens (including phenoxy) is 2. The summed E-state index contributed by atoms with van der Waals surface area (Å²) < 4.78 is 10.5. The van der Waals surface area contributed by atoms with Crippen LogP contribution >= 0.6 is 0 Å². The number of nitrogens with two attached hydrogens (primary N) is 1. The predicted molar refractivity (Wildman–Crippen MR) is 88.0 cm³/mol. The number of nitrogen functional groups attached to an aromatic ring is 1. The van der Waals surface area contributed by atoms with Crippen LogP contribution in [0.1, 0.15) is 17.3 Å². The molecule has 0 aliphatic heterocycles. The Kier molecular flexibility index (Phi) is 5.19. The number of ketones is 1. The summed E-state index contributed by atoms with van der Waals surface area (Å²) in [5, 5.41) is 2.70. The van der Waals surface area contributed by atoms with Crippen LogP contribution in [-0.4, -0.2) is 25.4 Å². The molecular weight excluding hydrogens is 296 g/mol. The second kappa shape index (κ2) is 7.31. The summed E-state index contributed by atoms with van der Waals surface area (Å²) in [6, 6.07) is 11.8. The number of amides is 1. The van der Waals surface area contributed by atoms with Crippen LogP contribution in [0.4, 0.5) is 11.4 Å². The number of nitrogens with one attached hydrogen (secondary N) is 1. The van der Waals surface area contributed by atoms with Gasteiger partial charge in [-0.15, -0.1) is 0 Å². The quantitative estimate of drug-likeness (QED) is 0.631. The van der Waals surface area contributed by atoms with E-state index in [1.807, 2.05) is 6.07 Å². The minimum atomic E-state index is -0.343. The van der Waals surface area contributed by atoms with Crippen molar-refractivity contribution in [1.29, 1.82) is 0 Å². The Bertz CT molecular complexity index is 728. The van der Waals surface area contributed by atoms with E-state index in [2.05, 4.69) is 5.32 Å². The van der Waals surface area contributed by atoms with E-state index < -0.39 is 0 Å². The molecule has 3 N–H and O–H groups in total. The van der Waals surface area contributed by atoms with Crippen molar-refractivity contribution in [3.8, 4) is 11.5 Å². The number of anilines is 2. The molecule has 0 aliphatic carbocycles. The molecular formula is C17H18N2O4. The highest BCUT2D eigenvalue weighted by Crippen LogP contribution is 2.24. The lowest BCUT2D eigenvalue weighted by Gasteiger charge is -2.12. The monoisotopic (exact) mass is 314 g/mol. The molecule has 0 fully saturated rings. The fraction of sp³-hybridized carbons (Fsp3) is 0.176. The summed E-state index contributed by atoms with van der Waals surface area (Å²) in [4.78, 5) is 23.2. The smallest absolute Gasteiger partial charge is 0.262 e. The van der Waals surface area contributed by atoms with E-state index >= 15 is 0 Å². The van der Waals surface area contributed by atoms with Gasteiger partial charge in [-0.05, 0) is 37.3 Å². The molecule has 0 radical (unpaired) electrons. The summed E-state index contributed by atoms with van der Waals surface area (Å²) in [6.07, 6.45) is 0. The summed E-state index contributed by atoms with van der Waals surface area (Å²) in [6.45, 7) is 1.25. The zero-order chi connectivity index (χ0) is 16.8. The van der Waals surface area contributed by atoms with E-state index in [4.69, 9.17) is 15.2 Å². The topological polar surface area (TPSA) is 90.6 Å². The van der Waals surface area contributed by atoms with Crippen molar-refractivity contribution >= 4 is 23.1 Å². The van der Waals surface area contributed by atoms with Crippen LogP contribution in [0.25, 0.3) is 0 Å². The first-order chi connectivity index (χ1) is 11.0. The Labute approximate surface area is 134 Å². The molecule has 1 amide bonds. The van der Waals surface area contributed by atoms with E-state index in [9.17, 15) is 9.59 Å². The van der Waals surface area contributed by atoms with Gasteiger partial charge in [0.2, 0.25) is 0 Å². The van der Waals surface area contributed by atoms with Crippen LogP contribution in [0.2, 0.25) is 0 Å². The molecule has 0 unspecified atom stereocenters. The van der Waals surface area contributed by atoms with Crippen molar-refractivity contribution in [3.05, 3.63) is 48.0 Å². The minimum Gasteiger partial charge on any atom is -0.495 e. The lowest BCUT2D eigenvalue weighted by atomic mass is 10.1. The second-order valence-electron chi connectivity index (χ2n) is 4.85. The van der Waals surface area contributed by atoms with Crippen molar-refractivity contribution in [2.75, 3.05) is 24.8 Å². The number of carbonyl (C=O) groups excluding carboxylic acids is 2. The van der Waals surface area contributed by atoms with E-state index in [1.165, 1.54) is 20.1 Å². The van der Waals surface area contributed by atoms with Crippen LogP contribution in [0, 0.1) is 0 Å². The molecule has 0 spiro atoms. The highest BCUT2D eigenvalue weighted by atomic mass is 16.5. The summed E-state index contributed by atoms with van der Waals surface area (Å²) in [7, 11) is 1.53. The minimum absolute atomic E-state index is 0.0860. The van der Waals surface area contributed by atoms with E-state index in [0.717, 1.165) is 0 Å². The molecule has 6 heteroatoms. The maximum Gasteiger partial charge on any atom is 0.262 e. The van der Waals surface area contributed by atoms with Crippen LogP contribution in [0.5, 0.6) is 11.5 Å². The largest absolute Gasteiger partial charge is 0.495 e. The molecule has 23 heavy (non-hydrogen) atoms. The number of carbonyl (C=O) groups is 2. The van der Waals surface area contributed by atoms with Gasteiger partial charge in [-0.25, -0.2) is 0 Å². The third-order valence-electron chi connectivity index (χ3n) is 3.16. The molecule has 2 aromatic rings. The van der Waals surface area contributed by atoms with Gasteiger partial charge in [-0.1, -0.05) is 12.1 Å². The average Bonchev–Trinajstić information content (AvgIpc) is 2.54. The van der Waals surface area contributed by atoms with Gasteiger partial charge < -0.3 is 20.5 Å². The van der Waals surface area contributed by atoms with Gasteiger partial charge in [-0.2, -0.15) is 0 Å². The normalized spacial score (nSPS) is 10.0. The number of Topliss-reactive ketones (excluding diaryl/α,β-unsaturated/α-hetero) is 1. The SMILES string of the molecule is COc1ccccc1NC(=O)COc1ccc(C(C)=O)cc1N. The lowest BCUT2D eigenvalue weighted by Crippen LogP contribution is -2.20. The first-order valence-corrected chi connectivity index (χ1v) is 6.97.